The van der Waals surface area contributed by atoms with Gasteiger partial charge in [-0.05, 0) is 44.3 Å². The van der Waals surface area contributed by atoms with Gasteiger partial charge in [-0.3, -0.25) is 4.79 Å². The highest BCUT2D eigenvalue weighted by Crippen LogP contribution is 2.19. The predicted molar refractivity (Wildman–Crippen MR) is 84.3 cm³/mol. The number of fused-ring (bicyclic) bond motifs is 2. The maximum atomic E-state index is 12.5. The molecular weight excluding hydrogens is 248 g/mol. The molecule has 3 heteroatoms. The monoisotopic (exact) mass is 266 g/mol. The van der Waals surface area contributed by atoms with Crippen molar-refractivity contribution < 1.29 is 0 Å². The SMILES string of the molecule is CNCCCn1c2ccccc2c(=O)c2ccccc21. The lowest BCUT2D eigenvalue weighted by Gasteiger charge is -2.14. The van der Waals surface area contributed by atoms with Gasteiger partial charge in [0.15, 0.2) is 5.43 Å². The van der Waals surface area contributed by atoms with Gasteiger partial charge in [0.25, 0.3) is 0 Å². The molecule has 0 radical (unpaired) electrons. The van der Waals surface area contributed by atoms with Crippen molar-refractivity contribution in [2.24, 2.45) is 0 Å². The Hall–Kier alpha value is -2.13. The van der Waals surface area contributed by atoms with Crippen LogP contribution < -0.4 is 10.7 Å². The van der Waals surface area contributed by atoms with Crippen LogP contribution in [0.1, 0.15) is 6.42 Å². The molecule has 0 unspecified atom stereocenters. The lowest BCUT2D eigenvalue weighted by molar-refractivity contribution is 0.637. The van der Waals surface area contributed by atoms with Crippen molar-refractivity contribution in [3.8, 4) is 0 Å². The molecule has 1 N–H and O–H groups in total. The van der Waals surface area contributed by atoms with Crippen LogP contribution in [-0.4, -0.2) is 18.2 Å². The number of aryl methyl sites for hydroxylation is 1. The van der Waals surface area contributed by atoms with Crippen LogP contribution in [0.4, 0.5) is 0 Å². The average molecular weight is 266 g/mol. The average Bonchev–Trinajstić information content (AvgIpc) is 2.51. The standard InChI is InChI=1S/C17H18N2O/c1-18-11-6-12-19-15-9-4-2-7-13(15)17(20)14-8-3-5-10-16(14)19/h2-5,7-10,18H,6,11-12H2,1H3. The summed E-state index contributed by atoms with van der Waals surface area (Å²) < 4.78 is 2.25. The van der Waals surface area contributed by atoms with Crippen LogP contribution in [0.5, 0.6) is 0 Å². The molecule has 3 nitrogen and oxygen atoms in total. The zero-order valence-corrected chi connectivity index (χ0v) is 11.6. The van der Waals surface area contributed by atoms with Crippen molar-refractivity contribution in [2.75, 3.05) is 13.6 Å². The highest BCUT2D eigenvalue weighted by atomic mass is 16.1. The third kappa shape index (κ3) is 2.10. The van der Waals surface area contributed by atoms with Gasteiger partial charge >= 0.3 is 0 Å². The number of benzene rings is 2. The summed E-state index contributed by atoms with van der Waals surface area (Å²) in [6.07, 6.45) is 1.04. The van der Waals surface area contributed by atoms with Gasteiger partial charge in [-0.2, -0.15) is 0 Å². The number of nitrogens with one attached hydrogen (secondary N) is 1. The second-order valence-corrected chi connectivity index (χ2v) is 4.97. The number of para-hydroxylation sites is 2. The molecule has 102 valence electrons. The molecule has 20 heavy (non-hydrogen) atoms. The van der Waals surface area contributed by atoms with E-state index in [0.717, 1.165) is 41.3 Å². The van der Waals surface area contributed by atoms with Crippen LogP contribution in [-0.2, 0) is 6.54 Å². The summed E-state index contributed by atoms with van der Waals surface area (Å²) in [5, 5.41) is 4.77. The Balaban J connectivity index is 2.31. The highest BCUT2D eigenvalue weighted by molar-refractivity contribution is 5.93. The molecule has 3 aromatic rings. The second-order valence-electron chi connectivity index (χ2n) is 4.97. The quantitative estimate of drug-likeness (QED) is 0.582. The minimum absolute atomic E-state index is 0.126. The van der Waals surface area contributed by atoms with Crippen molar-refractivity contribution in [2.45, 2.75) is 13.0 Å². The molecule has 2 aromatic carbocycles. The topological polar surface area (TPSA) is 34.0 Å². The van der Waals surface area contributed by atoms with Crippen LogP contribution in [0.25, 0.3) is 21.8 Å². The molecule has 0 bridgehead atoms. The Labute approximate surface area is 117 Å². The number of rotatable bonds is 4. The van der Waals surface area contributed by atoms with Gasteiger partial charge in [0.1, 0.15) is 0 Å². The fourth-order valence-electron chi connectivity index (χ4n) is 2.73. The summed E-state index contributed by atoms with van der Waals surface area (Å²) in [7, 11) is 1.96. The molecule has 0 fully saturated rings. The maximum Gasteiger partial charge on any atom is 0.197 e. The molecule has 0 amide bonds. The Morgan fingerprint density at radius 1 is 0.950 bits per heavy atom. The lowest BCUT2D eigenvalue weighted by Crippen LogP contribution is -2.15. The van der Waals surface area contributed by atoms with Gasteiger partial charge in [0.2, 0.25) is 0 Å². The largest absolute Gasteiger partial charge is 0.340 e. The van der Waals surface area contributed by atoms with Crippen molar-refractivity contribution in [1.29, 1.82) is 0 Å². The van der Waals surface area contributed by atoms with Crippen LogP contribution >= 0.6 is 0 Å². The van der Waals surface area contributed by atoms with E-state index in [9.17, 15) is 4.79 Å². The number of hydrogen-bond acceptors (Lipinski definition) is 2. The number of hydrogen-bond donors (Lipinski definition) is 1. The van der Waals surface area contributed by atoms with E-state index in [1.54, 1.807) is 0 Å². The summed E-state index contributed by atoms with van der Waals surface area (Å²) in [5.74, 6) is 0. The number of aromatic nitrogens is 1. The first kappa shape index (κ1) is 12.9. The molecule has 0 saturated carbocycles. The van der Waals surface area contributed by atoms with Crippen LogP contribution in [0, 0.1) is 0 Å². The second kappa shape index (κ2) is 5.47. The van der Waals surface area contributed by atoms with Gasteiger partial charge < -0.3 is 9.88 Å². The van der Waals surface area contributed by atoms with E-state index in [1.807, 2.05) is 55.6 Å². The summed E-state index contributed by atoms with van der Waals surface area (Å²) >= 11 is 0. The zero-order valence-electron chi connectivity index (χ0n) is 11.6. The van der Waals surface area contributed by atoms with E-state index in [4.69, 9.17) is 0 Å². The summed E-state index contributed by atoms with van der Waals surface area (Å²) in [4.78, 5) is 12.5. The van der Waals surface area contributed by atoms with Crippen molar-refractivity contribution in [1.82, 2.24) is 9.88 Å². The zero-order chi connectivity index (χ0) is 13.9. The molecular formula is C17H18N2O. The number of pyridine rings is 1. The molecule has 0 aliphatic rings. The highest BCUT2D eigenvalue weighted by Gasteiger charge is 2.09. The minimum Gasteiger partial charge on any atom is -0.340 e. The van der Waals surface area contributed by atoms with E-state index in [2.05, 4.69) is 9.88 Å². The van der Waals surface area contributed by atoms with Crippen molar-refractivity contribution >= 4 is 21.8 Å². The molecule has 1 heterocycles. The maximum absolute atomic E-state index is 12.5. The van der Waals surface area contributed by atoms with E-state index >= 15 is 0 Å². The molecule has 0 saturated heterocycles. The Kier molecular flexibility index (Phi) is 3.52. The van der Waals surface area contributed by atoms with E-state index in [1.165, 1.54) is 0 Å². The minimum atomic E-state index is 0.126. The number of nitrogens with zero attached hydrogens (tertiary/aromatic N) is 1. The van der Waals surface area contributed by atoms with Crippen LogP contribution in [0.15, 0.2) is 53.3 Å². The van der Waals surface area contributed by atoms with Gasteiger partial charge in [0.05, 0.1) is 11.0 Å². The fourth-order valence-corrected chi connectivity index (χ4v) is 2.73. The van der Waals surface area contributed by atoms with E-state index in [0.29, 0.717) is 0 Å². The summed E-state index contributed by atoms with van der Waals surface area (Å²) in [6.45, 7) is 1.87. The molecule has 1 aromatic heterocycles. The lowest BCUT2D eigenvalue weighted by atomic mass is 10.1. The van der Waals surface area contributed by atoms with E-state index < -0.39 is 0 Å². The van der Waals surface area contributed by atoms with E-state index in [-0.39, 0.29) is 5.43 Å². The first-order valence-corrected chi connectivity index (χ1v) is 6.98. The Morgan fingerprint density at radius 3 is 2.05 bits per heavy atom. The van der Waals surface area contributed by atoms with Crippen LogP contribution in [0.2, 0.25) is 0 Å². The third-order valence-corrected chi connectivity index (χ3v) is 3.69. The molecule has 0 aliphatic carbocycles. The smallest absolute Gasteiger partial charge is 0.197 e. The summed E-state index contributed by atoms with van der Waals surface area (Å²) in [5.41, 5.74) is 2.17. The van der Waals surface area contributed by atoms with Gasteiger partial charge in [0, 0.05) is 17.3 Å². The van der Waals surface area contributed by atoms with Gasteiger partial charge in [-0.25, -0.2) is 0 Å². The fraction of sp³-hybridized carbons (Fsp3) is 0.235. The molecule has 0 atom stereocenters. The van der Waals surface area contributed by atoms with Gasteiger partial charge in [-0.1, -0.05) is 24.3 Å². The normalized spacial score (nSPS) is 11.2. The van der Waals surface area contributed by atoms with Gasteiger partial charge in [-0.15, -0.1) is 0 Å². The first-order valence-electron chi connectivity index (χ1n) is 6.98. The predicted octanol–water partition coefficient (Wildman–Crippen LogP) is 2.76. The molecule has 3 rings (SSSR count). The first-order chi connectivity index (χ1) is 9.83. The Bertz CT molecular complexity index is 745. The van der Waals surface area contributed by atoms with Crippen molar-refractivity contribution in [3.63, 3.8) is 0 Å². The Morgan fingerprint density at radius 2 is 1.50 bits per heavy atom. The summed E-state index contributed by atoms with van der Waals surface area (Å²) in [6, 6.07) is 15.7. The van der Waals surface area contributed by atoms with Crippen molar-refractivity contribution in [3.05, 3.63) is 58.8 Å². The molecule has 0 spiro atoms. The third-order valence-electron chi connectivity index (χ3n) is 3.69. The molecule has 0 aliphatic heterocycles. The van der Waals surface area contributed by atoms with Crippen LogP contribution in [0.3, 0.4) is 0 Å².